The fraction of sp³-hybridized carbons (Fsp3) is 0.125. The van der Waals surface area contributed by atoms with Crippen LogP contribution >= 0.6 is 12.4 Å². The number of hydrogen-bond donors (Lipinski definition) is 0. The van der Waals surface area contributed by atoms with Crippen LogP contribution in [-0.2, 0) is 6.42 Å². The maximum Gasteiger partial charge on any atom is 0.161 e. The summed E-state index contributed by atoms with van der Waals surface area (Å²) in [6, 6.07) is 18.5. The molecule has 2 aromatic heterocycles. The summed E-state index contributed by atoms with van der Waals surface area (Å²) in [5.41, 5.74) is 4.18. The molecule has 0 atom stereocenters. The van der Waals surface area contributed by atoms with E-state index in [1.807, 2.05) is 48.8 Å². The average Bonchev–Trinajstić information content (AvgIpc) is 3.11. The molecule has 2 heterocycles. The van der Waals surface area contributed by atoms with E-state index in [1.165, 1.54) is 5.56 Å². The van der Waals surface area contributed by atoms with Crippen LogP contribution in [0.2, 0.25) is 0 Å². The number of ether oxygens (including phenoxy) is 2. The first-order valence-electron chi connectivity index (χ1n) is 9.15. The van der Waals surface area contributed by atoms with E-state index in [4.69, 9.17) is 13.9 Å². The van der Waals surface area contributed by atoms with Crippen molar-refractivity contribution in [2.45, 2.75) is 6.42 Å². The van der Waals surface area contributed by atoms with Gasteiger partial charge in [0.25, 0.3) is 0 Å². The van der Waals surface area contributed by atoms with Crippen LogP contribution in [0.1, 0.15) is 11.1 Å². The lowest BCUT2D eigenvalue weighted by Crippen LogP contribution is -1.95. The van der Waals surface area contributed by atoms with E-state index in [2.05, 4.69) is 23.2 Å². The fourth-order valence-electron chi connectivity index (χ4n) is 3.80. The Morgan fingerprint density at radius 2 is 1.55 bits per heavy atom. The molecule has 0 aliphatic rings. The zero-order valence-electron chi connectivity index (χ0n) is 16.1. The monoisotopic (exact) mass is 405 g/mol. The Kier molecular flexibility index (Phi) is 5.03. The van der Waals surface area contributed by atoms with E-state index in [0.717, 1.165) is 50.4 Å². The predicted octanol–water partition coefficient (Wildman–Crippen LogP) is 6.16. The van der Waals surface area contributed by atoms with Gasteiger partial charge in [0.1, 0.15) is 11.2 Å². The Hall–Kier alpha value is -3.24. The number of fused-ring (bicyclic) bond motifs is 4. The number of rotatable bonds is 4. The van der Waals surface area contributed by atoms with Gasteiger partial charge in [-0.3, -0.25) is 4.98 Å². The van der Waals surface area contributed by atoms with Crippen molar-refractivity contribution in [1.29, 1.82) is 0 Å². The van der Waals surface area contributed by atoms with Crippen molar-refractivity contribution in [3.63, 3.8) is 0 Å². The first-order valence-corrected chi connectivity index (χ1v) is 9.15. The molecule has 0 N–H and O–H groups in total. The number of nitrogens with zero attached hydrogens (tertiary/aromatic N) is 1. The first kappa shape index (κ1) is 19.1. The lowest BCUT2D eigenvalue weighted by molar-refractivity contribution is 0.356. The van der Waals surface area contributed by atoms with Gasteiger partial charge in [-0.1, -0.05) is 24.3 Å². The number of halogens is 1. The van der Waals surface area contributed by atoms with Crippen LogP contribution < -0.4 is 9.47 Å². The number of hydrogen-bond acceptors (Lipinski definition) is 4. The third-order valence-electron chi connectivity index (χ3n) is 5.18. The van der Waals surface area contributed by atoms with Gasteiger partial charge in [0.2, 0.25) is 0 Å². The lowest BCUT2D eigenvalue weighted by atomic mass is 9.99. The summed E-state index contributed by atoms with van der Waals surface area (Å²) in [6.07, 6.45) is 4.55. The van der Waals surface area contributed by atoms with Gasteiger partial charge >= 0.3 is 0 Å². The minimum atomic E-state index is 0. The van der Waals surface area contributed by atoms with Gasteiger partial charge in [-0.2, -0.15) is 0 Å². The van der Waals surface area contributed by atoms with Crippen LogP contribution in [0.4, 0.5) is 0 Å². The number of furan rings is 1. The second kappa shape index (κ2) is 7.64. The Bertz CT molecular complexity index is 1330. The van der Waals surface area contributed by atoms with Crippen molar-refractivity contribution < 1.29 is 13.9 Å². The summed E-state index contributed by atoms with van der Waals surface area (Å²) in [5, 5.41) is 4.43. The van der Waals surface area contributed by atoms with Gasteiger partial charge in [0.15, 0.2) is 11.5 Å². The van der Waals surface area contributed by atoms with Crippen molar-refractivity contribution in [3.8, 4) is 11.5 Å². The van der Waals surface area contributed by atoms with E-state index in [9.17, 15) is 0 Å². The molecular formula is C24H20ClNO3. The van der Waals surface area contributed by atoms with Crippen molar-refractivity contribution in [3.05, 3.63) is 78.1 Å². The zero-order valence-corrected chi connectivity index (χ0v) is 17.0. The second-order valence-corrected chi connectivity index (χ2v) is 6.83. The number of pyridine rings is 1. The lowest BCUT2D eigenvalue weighted by Gasteiger charge is -2.12. The second-order valence-electron chi connectivity index (χ2n) is 6.83. The highest BCUT2D eigenvalue weighted by atomic mass is 35.5. The number of para-hydroxylation sites is 1. The topological polar surface area (TPSA) is 44.5 Å². The summed E-state index contributed by atoms with van der Waals surface area (Å²) in [5.74, 6) is 1.43. The molecule has 0 amide bonds. The van der Waals surface area contributed by atoms with Gasteiger partial charge in [0.05, 0.1) is 14.2 Å². The standard InChI is InChI=1S/C24H19NO3.ClH/c1-26-23-11-17-14-25-13-16(19(17)12-24(23)27-2)9-15-7-8-22-20(10-15)18-5-3-4-6-21(18)28-22;/h3-8,10-14H,9H2,1-2H3;1H. The van der Waals surface area contributed by atoms with E-state index >= 15 is 0 Å². The van der Waals surface area contributed by atoms with Crippen LogP contribution in [0.25, 0.3) is 32.7 Å². The molecule has 0 unspecified atom stereocenters. The highest BCUT2D eigenvalue weighted by Gasteiger charge is 2.11. The maximum absolute atomic E-state index is 5.94. The Balaban J connectivity index is 0.00000205. The minimum absolute atomic E-state index is 0. The summed E-state index contributed by atoms with van der Waals surface area (Å²) in [6.45, 7) is 0. The molecule has 0 aliphatic carbocycles. The Morgan fingerprint density at radius 1 is 0.793 bits per heavy atom. The van der Waals surface area contributed by atoms with Crippen LogP contribution in [0.3, 0.4) is 0 Å². The summed E-state index contributed by atoms with van der Waals surface area (Å²) < 4.78 is 16.8. The highest BCUT2D eigenvalue weighted by molar-refractivity contribution is 6.05. The number of methoxy groups -OCH3 is 2. The van der Waals surface area contributed by atoms with Gasteiger partial charge in [0, 0.05) is 28.6 Å². The molecule has 146 valence electrons. The van der Waals surface area contributed by atoms with E-state index in [-0.39, 0.29) is 12.4 Å². The molecule has 0 saturated heterocycles. The summed E-state index contributed by atoms with van der Waals surface area (Å²) in [7, 11) is 3.30. The molecule has 5 rings (SSSR count). The average molecular weight is 406 g/mol. The molecule has 0 saturated carbocycles. The number of benzene rings is 3. The minimum Gasteiger partial charge on any atom is -0.493 e. The van der Waals surface area contributed by atoms with Gasteiger partial charge in [-0.15, -0.1) is 12.4 Å². The molecule has 29 heavy (non-hydrogen) atoms. The SMILES string of the molecule is COc1cc2cncc(Cc3ccc4oc5ccccc5c4c3)c2cc1OC.Cl. The van der Waals surface area contributed by atoms with Crippen molar-refractivity contribution in [1.82, 2.24) is 4.98 Å². The van der Waals surface area contributed by atoms with Crippen molar-refractivity contribution >= 4 is 45.1 Å². The first-order chi connectivity index (χ1) is 13.8. The summed E-state index contributed by atoms with van der Waals surface area (Å²) in [4.78, 5) is 4.43. The third kappa shape index (κ3) is 3.26. The van der Waals surface area contributed by atoms with E-state index in [1.54, 1.807) is 14.2 Å². The maximum atomic E-state index is 5.94. The molecular weight excluding hydrogens is 386 g/mol. The van der Waals surface area contributed by atoms with Crippen LogP contribution in [-0.4, -0.2) is 19.2 Å². The molecule has 0 bridgehead atoms. The van der Waals surface area contributed by atoms with Gasteiger partial charge < -0.3 is 13.9 Å². The van der Waals surface area contributed by atoms with E-state index < -0.39 is 0 Å². The van der Waals surface area contributed by atoms with Crippen LogP contribution in [0, 0.1) is 0 Å². The van der Waals surface area contributed by atoms with Gasteiger partial charge in [-0.25, -0.2) is 0 Å². The summed E-state index contributed by atoms with van der Waals surface area (Å²) >= 11 is 0. The highest BCUT2D eigenvalue weighted by Crippen LogP contribution is 2.34. The zero-order chi connectivity index (χ0) is 19.1. The molecule has 5 aromatic rings. The molecule has 0 aliphatic heterocycles. The molecule has 3 aromatic carbocycles. The normalized spacial score (nSPS) is 11.0. The van der Waals surface area contributed by atoms with Crippen LogP contribution in [0.5, 0.6) is 11.5 Å². The van der Waals surface area contributed by atoms with Gasteiger partial charge in [-0.05, 0) is 53.3 Å². The van der Waals surface area contributed by atoms with Crippen molar-refractivity contribution in [2.75, 3.05) is 14.2 Å². The fourth-order valence-corrected chi connectivity index (χ4v) is 3.80. The molecule has 0 fully saturated rings. The molecule has 4 nitrogen and oxygen atoms in total. The van der Waals surface area contributed by atoms with E-state index in [0.29, 0.717) is 5.75 Å². The quantitative estimate of drug-likeness (QED) is 0.359. The van der Waals surface area contributed by atoms with Crippen LogP contribution in [0.15, 0.2) is 71.4 Å². The Labute approximate surface area is 174 Å². The molecule has 0 radical (unpaired) electrons. The largest absolute Gasteiger partial charge is 0.493 e. The smallest absolute Gasteiger partial charge is 0.161 e. The Morgan fingerprint density at radius 3 is 2.38 bits per heavy atom. The third-order valence-corrected chi connectivity index (χ3v) is 5.18. The molecule has 5 heteroatoms. The number of aromatic nitrogens is 1. The van der Waals surface area contributed by atoms with Crippen molar-refractivity contribution in [2.24, 2.45) is 0 Å². The molecule has 0 spiro atoms. The predicted molar refractivity (Wildman–Crippen MR) is 119 cm³/mol.